The number of ether oxygens (including phenoxy) is 2. The molecule has 0 fully saturated rings. The zero-order chi connectivity index (χ0) is 19.8. The third kappa shape index (κ3) is 6.56. The van der Waals surface area contributed by atoms with E-state index in [2.05, 4.69) is 0 Å². The second-order valence-corrected chi connectivity index (χ2v) is 6.99. The number of carbonyl (C=O) groups excluding carboxylic acids is 2. The molecule has 0 amide bonds. The van der Waals surface area contributed by atoms with Gasteiger partial charge in [-0.2, -0.15) is 0 Å². The maximum Gasteiger partial charge on any atom is 0.338 e. The highest BCUT2D eigenvalue weighted by atomic mass is 35.5. The number of hydrogen-bond donors (Lipinski definition) is 0. The summed E-state index contributed by atoms with van der Waals surface area (Å²) in [7, 11) is 0. The number of esters is 2. The zero-order valence-electron chi connectivity index (χ0n) is 15.3. The lowest BCUT2D eigenvalue weighted by Crippen LogP contribution is -2.26. The third-order valence-corrected chi connectivity index (χ3v) is 4.65. The van der Waals surface area contributed by atoms with Crippen LogP contribution in [0.5, 0.6) is 0 Å². The second-order valence-electron chi connectivity index (χ2n) is 6.12. The van der Waals surface area contributed by atoms with Crippen molar-refractivity contribution in [3.8, 4) is 0 Å². The van der Waals surface area contributed by atoms with E-state index in [-0.39, 0.29) is 12.2 Å². The van der Waals surface area contributed by atoms with Gasteiger partial charge in [-0.05, 0) is 61.4 Å². The van der Waals surface area contributed by atoms with Crippen LogP contribution in [0.15, 0.2) is 48.5 Å². The van der Waals surface area contributed by atoms with Gasteiger partial charge in [-0.3, -0.25) is 0 Å². The van der Waals surface area contributed by atoms with E-state index in [1.165, 1.54) is 0 Å². The van der Waals surface area contributed by atoms with Crippen molar-refractivity contribution in [3.63, 3.8) is 0 Å². The normalized spacial score (nSPS) is 12.9. The molecule has 0 spiro atoms. The minimum atomic E-state index is -0.419. The first-order valence-corrected chi connectivity index (χ1v) is 9.61. The molecule has 2 aromatic carbocycles. The SMILES string of the molecule is CCC(CC(CC)OC(=O)c1ccc(Cl)cc1)OC(=O)c1ccc(Cl)cc1. The molecule has 0 radical (unpaired) electrons. The average Bonchev–Trinajstić information content (AvgIpc) is 2.67. The first kappa shape index (κ1) is 21.3. The molecule has 0 aliphatic carbocycles. The molecule has 0 heterocycles. The monoisotopic (exact) mass is 408 g/mol. The summed E-state index contributed by atoms with van der Waals surface area (Å²) >= 11 is 11.7. The molecule has 2 aromatic rings. The molecular formula is C21H22Cl2O4. The van der Waals surface area contributed by atoms with Crippen molar-refractivity contribution in [2.45, 2.75) is 45.3 Å². The van der Waals surface area contributed by atoms with Crippen LogP contribution in [0.2, 0.25) is 10.0 Å². The molecule has 2 rings (SSSR count). The van der Waals surface area contributed by atoms with Crippen LogP contribution < -0.4 is 0 Å². The van der Waals surface area contributed by atoms with Crippen LogP contribution in [0.3, 0.4) is 0 Å². The van der Waals surface area contributed by atoms with E-state index in [1.54, 1.807) is 48.5 Å². The van der Waals surface area contributed by atoms with E-state index < -0.39 is 11.9 Å². The van der Waals surface area contributed by atoms with E-state index in [9.17, 15) is 9.59 Å². The van der Waals surface area contributed by atoms with Gasteiger partial charge in [0, 0.05) is 16.5 Å². The molecule has 0 saturated carbocycles. The Kier molecular flexibility index (Phi) is 8.14. The Bertz CT molecular complexity index is 691. The topological polar surface area (TPSA) is 52.6 Å². The molecule has 0 aliphatic rings. The molecule has 144 valence electrons. The first-order valence-electron chi connectivity index (χ1n) is 8.86. The number of carbonyl (C=O) groups is 2. The van der Waals surface area contributed by atoms with Crippen molar-refractivity contribution >= 4 is 35.1 Å². The van der Waals surface area contributed by atoms with Crippen molar-refractivity contribution in [2.24, 2.45) is 0 Å². The van der Waals surface area contributed by atoms with Gasteiger partial charge in [0.25, 0.3) is 0 Å². The van der Waals surface area contributed by atoms with E-state index in [1.807, 2.05) is 13.8 Å². The Balaban J connectivity index is 1.95. The molecule has 0 saturated heterocycles. The summed E-state index contributed by atoms with van der Waals surface area (Å²) < 4.78 is 11.1. The molecule has 6 heteroatoms. The van der Waals surface area contributed by atoms with Gasteiger partial charge in [-0.1, -0.05) is 37.0 Å². The van der Waals surface area contributed by atoms with Gasteiger partial charge in [0.1, 0.15) is 12.2 Å². The van der Waals surface area contributed by atoms with Crippen LogP contribution in [0.4, 0.5) is 0 Å². The summed E-state index contributed by atoms with van der Waals surface area (Å²) in [4.78, 5) is 24.6. The lowest BCUT2D eigenvalue weighted by atomic mass is 10.1. The van der Waals surface area contributed by atoms with Crippen LogP contribution in [-0.4, -0.2) is 24.1 Å². The standard InChI is InChI=1S/C21H22Cl2O4/c1-3-18(26-20(24)14-5-9-16(22)10-6-14)13-19(4-2)27-21(25)15-7-11-17(23)12-8-15/h5-12,18-19H,3-4,13H2,1-2H3. The summed E-state index contributed by atoms with van der Waals surface area (Å²) in [6.07, 6.45) is 0.973. The largest absolute Gasteiger partial charge is 0.459 e. The Labute approximate surface area is 169 Å². The van der Waals surface area contributed by atoms with Gasteiger partial charge in [-0.15, -0.1) is 0 Å². The molecular weight excluding hydrogens is 387 g/mol. The fourth-order valence-corrected chi connectivity index (χ4v) is 2.75. The minimum Gasteiger partial charge on any atom is -0.459 e. The van der Waals surface area contributed by atoms with Gasteiger partial charge in [0.2, 0.25) is 0 Å². The van der Waals surface area contributed by atoms with E-state index in [0.29, 0.717) is 40.4 Å². The van der Waals surface area contributed by atoms with Crippen molar-refractivity contribution in [2.75, 3.05) is 0 Å². The Hall–Kier alpha value is -2.04. The van der Waals surface area contributed by atoms with Gasteiger partial charge in [0.05, 0.1) is 11.1 Å². The Morgan fingerprint density at radius 1 is 0.741 bits per heavy atom. The first-order chi connectivity index (χ1) is 12.9. The fraction of sp³-hybridized carbons (Fsp3) is 0.333. The van der Waals surface area contributed by atoms with Gasteiger partial charge in [0.15, 0.2) is 0 Å². The number of hydrogen-bond acceptors (Lipinski definition) is 4. The lowest BCUT2D eigenvalue weighted by molar-refractivity contribution is -0.00187. The smallest absolute Gasteiger partial charge is 0.338 e. The second kappa shape index (κ2) is 10.3. The molecule has 27 heavy (non-hydrogen) atoms. The Morgan fingerprint density at radius 2 is 1.07 bits per heavy atom. The van der Waals surface area contributed by atoms with Crippen LogP contribution in [0.1, 0.15) is 53.8 Å². The van der Waals surface area contributed by atoms with E-state index in [0.717, 1.165) is 0 Å². The summed E-state index contributed by atoms with van der Waals surface area (Å²) in [5.41, 5.74) is 0.869. The van der Waals surface area contributed by atoms with E-state index in [4.69, 9.17) is 32.7 Å². The zero-order valence-corrected chi connectivity index (χ0v) is 16.8. The van der Waals surface area contributed by atoms with Gasteiger partial charge >= 0.3 is 11.9 Å². The third-order valence-electron chi connectivity index (χ3n) is 4.14. The summed E-state index contributed by atoms with van der Waals surface area (Å²) in [6, 6.07) is 13.0. The summed E-state index contributed by atoms with van der Waals surface area (Å²) in [6.45, 7) is 3.85. The Morgan fingerprint density at radius 3 is 1.37 bits per heavy atom. The molecule has 4 nitrogen and oxygen atoms in total. The number of halogens is 2. The number of benzene rings is 2. The highest BCUT2D eigenvalue weighted by Gasteiger charge is 2.22. The predicted octanol–water partition coefficient (Wildman–Crippen LogP) is 5.95. The number of rotatable bonds is 8. The van der Waals surface area contributed by atoms with Crippen LogP contribution in [0, 0.1) is 0 Å². The maximum atomic E-state index is 12.3. The minimum absolute atomic E-state index is 0.351. The quantitative estimate of drug-likeness (QED) is 0.505. The predicted molar refractivity (Wildman–Crippen MR) is 107 cm³/mol. The van der Waals surface area contributed by atoms with Crippen molar-refractivity contribution in [1.29, 1.82) is 0 Å². The molecule has 0 aromatic heterocycles. The molecule has 0 N–H and O–H groups in total. The lowest BCUT2D eigenvalue weighted by Gasteiger charge is -2.22. The van der Waals surface area contributed by atoms with Crippen LogP contribution in [-0.2, 0) is 9.47 Å². The van der Waals surface area contributed by atoms with Gasteiger partial charge in [-0.25, -0.2) is 9.59 Å². The van der Waals surface area contributed by atoms with Crippen molar-refractivity contribution in [1.82, 2.24) is 0 Å². The molecule has 2 unspecified atom stereocenters. The maximum absolute atomic E-state index is 12.3. The van der Waals surface area contributed by atoms with Gasteiger partial charge < -0.3 is 9.47 Å². The fourth-order valence-electron chi connectivity index (χ4n) is 2.50. The van der Waals surface area contributed by atoms with Crippen LogP contribution >= 0.6 is 23.2 Å². The molecule has 0 bridgehead atoms. The van der Waals surface area contributed by atoms with Crippen molar-refractivity contribution < 1.29 is 19.1 Å². The summed E-state index contributed by atoms with van der Waals surface area (Å²) in [5, 5.41) is 1.11. The average molecular weight is 409 g/mol. The van der Waals surface area contributed by atoms with Crippen molar-refractivity contribution in [3.05, 3.63) is 69.7 Å². The highest BCUT2D eigenvalue weighted by molar-refractivity contribution is 6.30. The highest BCUT2D eigenvalue weighted by Crippen LogP contribution is 2.18. The van der Waals surface area contributed by atoms with Crippen LogP contribution in [0.25, 0.3) is 0 Å². The summed E-state index contributed by atoms with van der Waals surface area (Å²) in [5.74, 6) is -0.838. The molecule has 0 aliphatic heterocycles. The molecule has 2 atom stereocenters. The van der Waals surface area contributed by atoms with E-state index >= 15 is 0 Å².